The lowest BCUT2D eigenvalue weighted by Crippen LogP contribution is -2.39. The van der Waals surface area contributed by atoms with Gasteiger partial charge in [0.25, 0.3) is 11.6 Å². The molecular formula is C49H47N5+2. The van der Waals surface area contributed by atoms with E-state index in [-0.39, 0.29) is 0 Å². The third-order valence-electron chi connectivity index (χ3n) is 12.1. The molecule has 0 fully saturated rings. The molecular weight excluding hydrogens is 659 g/mol. The highest BCUT2D eigenvalue weighted by Crippen LogP contribution is 2.30. The summed E-state index contributed by atoms with van der Waals surface area (Å²) in [6, 6.07) is 46.3. The van der Waals surface area contributed by atoms with Crippen molar-refractivity contribution in [2.45, 2.75) is 67.7 Å². The number of hydrogen-bond acceptors (Lipinski definition) is 1. The lowest BCUT2D eigenvalue weighted by molar-refractivity contribution is -0.699. The molecule has 9 rings (SSSR count). The molecule has 3 aromatic heterocycles. The topological polar surface area (TPSA) is 30.5 Å². The minimum atomic E-state index is 0.729. The fourth-order valence-corrected chi connectivity index (χ4v) is 8.88. The first-order valence-corrected chi connectivity index (χ1v) is 19.1. The quantitative estimate of drug-likeness (QED) is 0.114. The van der Waals surface area contributed by atoms with Gasteiger partial charge in [-0.05, 0) is 67.4 Å². The Morgan fingerprint density at radius 2 is 0.759 bits per heavy atom. The Morgan fingerprint density at radius 1 is 0.426 bits per heavy atom. The molecule has 0 aliphatic rings. The third kappa shape index (κ3) is 5.67. The highest BCUT2D eigenvalue weighted by molar-refractivity contribution is 6.03. The molecule has 0 atom stereocenters. The van der Waals surface area contributed by atoms with Crippen LogP contribution in [0.2, 0.25) is 0 Å². The van der Waals surface area contributed by atoms with Crippen molar-refractivity contribution in [2.24, 2.45) is 0 Å². The van der Waals surface area contributed by atoms with Crippen LogP contribution in [0.15, 0.2) is 127 Å². The molecule has 0 aliphatic heterocycles. The van der Waals surface area contributed by atoms with E-state index in [2.05, 4.69) is 187 Å². The van der Waals surface area contributed by atoms with Gasteiger partial charge in [0.05, 0.1) is 11.4 Å². The largest absolute Gasteiger partial charge is 0.254 e. The zero-order valence-corrected chi connectivity index (χ0v) is 32.2. The molecule has 0 N–H and O–H groups in total. The van der Waals surface area contributed by atoms with Crippen molar-refractivity contribution < 1.29 is 9.13 Å². The summed E-state index contributed by atoms with van der Waals surface area (Å²) in [5.41, 5.74) is 10.0. The summed E-state index contributed by atoms with van der Waals surface area (Å²) >= 11 is 0. The fraction of sp³-hybridized carbons (Fsp3) is 0.204. The van der Waals surface area contributed by atoms with Crippen LogP contribution in [-0.2, 0) is 26.2 Å². The first-order chi connectivity index (χ1) is 26.3. The van der Waals surface area contributed by atoms with E-state index in [9.17, 15) is 0 Å². The van der Waals surface area contributed by atoms with Crippen molar-refractivity contribution in [1.29, 1.82) is 0 Å². The van der Waals surface area contributed by atoms with Crippen molar-refractivity contribution >= 4 is 43.1 Å². The van der Waals surface area contributed by atoms with E-state index in [1.54, 1.807) is 0 Å². The van der Waals surface area contributed by atoms with Crippen molar-refractivity contribution in [3.05, 3.63) is 184 Å². The standard InChI is InChI=1S/C49H47N5/c1-32-34(3)53(30-48-44-22-11-7-16-38(44)26-39-17-8-12-23-45(39)48)36(5)51(32)28-42-20-15-21-43(50-42)29-52-33(2)35(4)54(37(52)6)31-49-46-24-13-9-18-40(46)27-41-19-10-14-25-47(41)49/h7-27H,28-31H2,1-6H3/q+2. The van der Waals surface area contributed by atoms with Gasteiger partial charge >= 0.3 is 0 Å². The smallest absolute Gasteiger partial charge is 0.250 e. The number of imidazole rings is 2. The van der Waals surface area contributed by atoms with Crippen LogP contribution in [0.3, 0.4) is 0 Å². The molecule has 0 unspecified atom stereocenters. The van der Waals surface area contributed by atoms with Crippen LogP contribution in [0.5, 0.6) is 0 Å². The molecule has 6 aromatic carbocycles. The van der Waals surface area contributed by atoms with Crippen molar-refractivity contribution in [1.82, 2.24) is 14.1 Å². The summed E-state index contributed by atoms with van der Waals surface area (Å²) in [4.78, 5) is 5.28. The zero-order valence-electron chi connectivity index (χ0n) is 32.2. The Morgan fingerprint density at radius 3 is 1.11 bits per heavy atom. The highest BCUT2D eigenvalue weighted by atomic mass is 15.2. The summed E-state index contributed by atoms with van der Waals surface area (Å²) in [5.74, 6) is 2.48. The van der Waals surface area contributed by atoms with E-state index in [1.165, 1.54) is 88.6 Å². The van der Waals surface area contributed by atoms with Crippen LogP contribution in [0.25, 0.3) is 43.1 Å². The van der Waals surface area contributed by atoms with Gasteiger partial charge in [-0.3, -0.25) is 0 Å². The molecule has 5 heteroatoms. The molecule has 0 aliphatic carbocycles. The Hall–Kier alpha value is -6.07. The molecule has 0 bridgehead atoms. The molecule has 54 heavy (non-hydrogen) atoms. The summed E-state index contributed by atoms with van der Waals surface area (Å²) in [6.45, 7) is 16.6. The van der Waals surface area contributed by atoms with Crippen LogP contribution >= 0.6 is 0 Å². The minimum absolute atomic E-state index is 0.729. The van der Waals surface area contributed by atoms with Gasteiger partial charge < -0.3 is 0 Å². The maximum atomic E-state index is 5.28. The van der Waals surface area contributed by atoms with Gasteiger partial charge in [-0.25, -0.2) is 23.3 Å². The molecule has 3 heterocycles. The second kappa shape index (κ2) is 13.4. The molecule has 0 radical (unpaired) electrons. The summed E-state index contributed by atoms with van der Waals surface area (Å²) in [7, 11) is 0. The molecule has 266 valence electrons. The number of aromatic nitrogens is 5. The van der Waals surface area contributed by atoms with Gasteiger partial charge in [-0.2, -0.15) is 0 Å². The van der Waals surface area contributed by atoms with Crippen LogP contribution in [0, 0.1) is 41.5 Å². The van der Waals surface area contributed by atoms with Crippen molar-refractivity contribution in [3.8, 4) is 0 Å². The lowest BCUT2D eigenvalue weighted by atomic mass is 9.96. The van der Waals surface area contributed by atoms with E-state index < -0.39 is 0 Å². The van der Waals surface area contributed by atoms with E-state index >= 15 is 0 Å². The number of pyridine rings is 1. The SMILES string of the molecule is Cc1c(C)[n+](Cc2c3ccccc3cc3ccccc23)c(C)n1Cc1cccc(Cn2c(C)c(C)[n+](Cc3c4ccccc4cc4ccccc34)c2C)n1. The molecule has 0 spiro atoms. The second-order valence-corrected chi connectivity index (χ2v) is 15.0. The first kappa shape index (κ1) is 33.7. The van der Waals surface area contributed by atoms with E-state index in [0.29, 0.717) is 0 Å². The number of benzene rings is 6. The molecule has 0 saturated carbocycles. The van der Waals surface area contributed by atoms with Crippen LogP contribution in [0.1, 0.15) is 56.9 Å². The number of rotatable bonds is 8. The maximum absolute atomic E-state index is 5.28. The van der Waals surface area contributed by atoms with Crippen LogP contribution in [-0.4, -0.2) is 14.1 Å². The lowest BCUT2D eigenvalue weighted by Gasteiger charge is -2.11. The van der Waals surface area contributed by atoms with Crippen molar-refractivity contribution in [3.63, 3.8) is 0 Å². The van der Waals surface area contributed by atoms with Crippen molar-refractivity contribution in [2.75, 3.05) is 0 Å². The summed E-state index contributed by atoms with van der Waals surface area (Å²) in [5, 5.41) is 10.4. The van der Waals surface area contributed by atoms with Gasteiger partial charge in [0, 0.05) is 52.7 Å². The van der Waals surface area contributed by atoms with Gasteiger partial charge in [-0.1, -0.05) is 103 Å². The van der Waals surface area contributed by atoms with E-state index in [1.807, 2.05) is 0 Å². The molecule has 5 nitrogen and oxygen atoms in total. The van der Waals surface area contributed by atoms with Gasteiger partial charge in [0.2, 0.25) is 0 Å². The Balaban J connectivity index is 1.02. The number of fused-ring (bicyclic) bond motifs is 4. The third-order valence-corrected chi connectivity index (χ3v) is 12.1. The average molecular weight is 706 g/mol. The molecule has 0 saturated heterocycles. The Labute approximate surface area is 317 Å². The van der Waals surface area contributed by atoms with Gasteiger partial charge in [-0.15, -0.1) is 0 Å². The number of hydrogen-bond donors (Lipinski definition) is 0. The predicted octanol–water partition coefficient (Wildman–Crippen LogP) is 9.92. The number of nitrogens with zero attached hydrogens (tertiary/aromatic N) is 5. The Bertz CT molecular complexity index is 2600. The van der Waals surface area contributed by atoms with Gasteiger partial charge in [0.1, 0.15) is 49.0 Å². The molecule has 9 aromatic rings. The first-order valence-electron chi connectivity index (χ1n) is 19.1. The fourth-order valence-electron chi connectivity index (χ4n) is 8.88. The van der Waals surface area contributed by atoms with Crippen LogP contribution < -0.4 is 9.13 Å². The van der Waals surface area contributed by atoms with Gasteiger partial charge in [0.15, 0.2) is 0 Å². The second-order valence-electron chi connectivity index (χ2n) is 15.0. The van der Waals surface area contributed by atoms with E-state index in [4.69, 9.17) is 4.98 Å². The normalized spacial score (nSPS) is 11.8. The Kier molecular flexibility index (Phi) is 8.38. The summed E-state index contributed by atoms with van der Waals surface area (Å²) in [6.07, 6.45) is 0. The highest BCUT2D eigenvalue weighted by Gasteiger charge is 2.26. The zero-order chi connectivity index (χ0) is 37.1. The monoisotopic (exact) mass is 705 g/mol. The minimum Gasteiger partial charge on any atom is -0.250 e. The van der Waals surface area contributed by atoms with E-state index in [0.717, 1.165) is 37.6 Å². The average Bonchev–Trinajstić information content (AvgIpc) is 3.51. The molecule has 0 amide bonds. The predicted molar refractivity (Wildman–Crippen MR) is 221 cm³/mol. The van der Waals surface area contributed by atoms with Crippen LogP contribution in [0.4, 0.5) is 0 Å². The summed E-state index contributed by atoms with van der Waals surface area (Å²) < 4.78 is 9.85. The maximum Gasteiger partial charge on any atom is 0.254 e.